The molecule has 1 heterocycles. The zero-order valence-electron chi connectivity index (χ0n) is 11.2. The Kier molecular flexibility index (Phi) is 4.68. The van der Waals surface area contributed by atoms with Gasteiger partial charge in [-0.3, -0.25) is 9.59 Å². The lowest BCUT2D eigenvalue weighted by molar-refractivity contribution is -0.143. The van der Waals surface area contributed by atoms with Gasteiger partial charge < -0.3 is 15.0 Å². The van der Waals surface area contributed by atoms with Crippen LogP contribution in [0.5, 0.6) is 0 Å². The van der Waals surface area contributed by atoms with Crippen LogP contribution in [0.15, 0.2) is 30.3 Å². The van der Waals surface area contributed by atoms with Crippen molar-refractivity contribution in [3.05, 3.63) is 35.9 Å². The predicted molar refractivity (Wildman–Crippen MR) is 78.0 cm³/mol. The molecule has 0 saturated carbocycles. The number of methoxy groups -OCH3 is 1. The molecular weight excluding hydrogens is 276 g/mol. The van der Waals surface area contributed by atoms with Gasteiger partial charge >= 0.3 is 5.97 Å². The number of hydrogen-bond donors (Lipinski definition) is 1. The Morgan fingerprint density at radius 3 is 2.75 bits per heavy atom. The molecule has 1 saturated heterocycles. The zero-order valence-corrected chi connectivity index (χ0v) is 12.0. The van der Waals surface area contributed by atoms with Gasteiger partial charge in [-0.05, 0) is 24.2 Å². The van der Waals surface area contributed by atoms with Crippen molar-refractivity contribution in [3.63, 3.8) is 0 Å². The number of nitrogens with zero attached hydrogens (tertiary/aromatic N) is 1. The van der Waals surface area contributed by atoms with Crippen molar-refractivity contribution < 1.29 is 14.3 Å². The summed E-state index contributed by atoms with van der Waals surface area (Å²) in [6.07, 6.45) is 0.769. The third kappa shape index (κ3) is 3.33. The van der Waals surface area contributed by atoms with Crippen molar-refractivity contribution in [2.24, 2.45) is 0 Å². The van der Waals surface area contributed by atoms with E-state index in [9.17, 15) is 9.59 Å². The highest BCUT2D eigenvalue weighted by Gasteiger charge is 2.37. The van der Waals surface area contributed by atoms with Crippen LogP contribution in [-0.2, 0) is 20.7 Å². The molecule has 5 nitrogen and oxygen atoms in total. The van der Waals surface area contributed by atoms with Gasteiger partial charge in [-0.1, -0.05) is 30.3 Å². The largest absolute Gasteiger partial charge is 0.469 e. The topological polar surface area (TPSA) is 58.6 Å². The lowest BCUT2D eigenvalue weighted by Gasteiger charge is -2.22. The summed E-state index contributed by atoms with van der Waals surface area (Å²) in [5.41, 5.74) is 1.16. The van der Waals surface area contributed by atoms with E-state index in [0.29, 0.717) is 11.7 Å². The van der Waals surface area contributed by atoms with Crippen LogP contribution < -0.4 is 5.32 Å². The SMILES string of the molecule is COC(=O)C[C@@H]1C(=O)NC(=S)N1CCc1ccccc1. The van der Waals surface area contributed by atoms with Crippen molar-refractivity contribution in [2.45, 2.75) is 18.9 Å². The van der Waals surface area contributed by atoms with E-state index in [1.807, 2.05) is 30.3 Å². The first-order valence-corrected chi connectivity index (χ1v) is 6.75. The highest BCUT2D eigenvalue weighted by atomic mass is 32.1. The Morgan fingerprint density at radius 2 is 2.10 bits per heavy atom. The second-order valence-electron chi connectivity index (χ2n) is 4.52. The minimum atomic E-state index is -0.571. The van der Waals surface area contributed by atoms with Gasteiger partial charge in [0.25, 0.3) is 0 Å². The summed E-state index contributed by atoms with van der Waals surface area (Å²) in [4.78, 5) is 24.9. The first-order chi connectivity index (χ1) is 9.61. The van der Waals surface area contributed by atoms with Crippen molar-refractivity contribution in [1.29, 1.82) is 0 Å². The molecule has 1 fully saturated rings. The smallest absolute Gasteiger partial charge is 0.308 e. The molecule has 0 aromatic heterocycles. The van der Waals surface area contributed by atoms with Crippen LogP contribution in [0.4, 0.5) is 0 Å². The van der Waals surface area contributed by atoms with Gasteiger partial charge in [0.15, 0.2) is 5.11 Å². The molecule has 2 rings (SSSR count). The maximum Gasteiger partial charge on any atom is 0.308 e. The highest BCUT2D eigenvalue weighted by Crippen LogP contribution is 2.14. The number of hydrogen-bond acceptors (Lipinski definition) is 4. The van der Waals surface area contributed by atoms with Gasteiger partial charge in [0.1, 0.15) is 6.04 Å². The van der Waals surface area contributed by atoms with Crippen LogP contribution in [0.2, 0.25) is 0 Å². The fourth-order valence-electron chi connectivity index (χ4n) is 2.14. The maximum atomic E-state index is 11.8. The molecule has 20 heavy (non-hydrogen) atoms. The third-order valence-corrected chi connectivity index (χ3v) is 3.58. The Bertz CT molecular complexity index is 518. The molecular formula is C14H16N2O3S. The Hall–Kier alpha value is -1.95. The first kappa shape index (κ1) is 14.5. The lowest BCUT2D eigenvalue weighted by atomic mass is 10.1. The average Bonchev–Trinajstić information content (AvgIpc) is 2.72. The molecule has 1 aliphatic heterocycles. The second-order valence-corrected chi connectivity index (χ2v) is 4.91. The number of ether oxygens (including phenoxy) is 1. The molecule has 1 aromatic carbocycles. The number of rotatable bonds is 5. The van der Waals surface area contributed by atoms with Crippen LogP contribution in [0.3, 0.4) is 0 Å². The molecule has 1 aromatic rings. The number of carbonyl (C=O) groups excluding carboxylic acids is 2. The summed E-state index contributed by atoms with van der Waals surface area (Å²) >= 11 is 5.14. The van der Waals surface area contributed by atoms with Gasteiger partial charge in [-0.2, -0.15) is 0 Å². The third-order valence-electron chi connectivity index (χ3n) is 3.24. The van der Waals surface area contributed by atoms with E-state index in [-0.39, 0.29) is 12.3 Å². The Morgan fingerprint density at radius 1 is 1.40 bits per heavy atom. The monoisotopic (exact) mass is 292 g/mol. The number of nitrogens with one attached hydrogen (secondary N) is 1. The van der Waals surface area contributed by atoms with Crippen LogP contribution in [-0.4, -0.2) is 41.6 Å². The van der Waals surface area contributed by atoms with Crippen LogP contribution in [0.1, 0.15) is 12.0 Å². The van der Waals surface area contributed by atoms with E-state index >= 15 is 0 Å². The lowest BCUT2D eigenvalue weighted by Crippen LogP contribution is -2.38. The average molecular weight is 292 g/mol. The fourth-order valence-corrected chi connectivity index (χ4v) is 2.46. The standard InChI is InChI=1S/C14H16N2O3S/c1-19-12(17)9-11-13(18)15-14(20)16(11)8-7-10-5-3-2-4-6-10/h2-6,11H,7-9H2,1H3,(H,15,18,20)/t11-/m1/s1. The van der Waals surface area contributed by atoms with Crippen molar-refractivity contribution in [2.75, 3.05) is 13.7 Å². The normalized spacial score (nSPS) is 18.1. The van der Waals surface area contributed by atoms with Gasteiger partial charge in [0.2, 0.25) is 5.91 Å². The number of esters is 1. The maximum absolute atomic E-state index is 11.8. The quantitative estimate of drug-likeness (QED) is 0.645. The van der Waals surface area contributed by atoms with Crippen molar-refractivity contribution in [3.8, 4) is 0 Å². The van der Waals surface area contributed by atoms with E-state index in [2.05, 4.69) is 10.1 Å². The van der Waals surface area contributed by atoms with Crippen LogP contribution >= 0.6 is 12.2 Å². The Balaban J connectivity index is 2.01. The molecule has 106 valence electrons. The summed E-state index contributed by atoms with van der Waals surface area (Å²) in [5.74, 6) is -0.659. The summed E-state index contributed by atoms with van der Waals surface area (Å²) in [6, 6.07) is 9.35. The molecule has 1 aliphatic rings. The molecule has 1 atom stereocenters. The van der Waals surface area contributed by atoms with Crippen molar-refractivity contribution in [1.82, 2.24) is 10.2 Å². The van der Waals surface area contributed by atoms with Gasteiger partial charge in [0, 0.05) is 6.54 Å². The fraction of sp³-hybridized carbons (Fsp3) is 0.357. The zero-order chi connectivity index (χ0) is 14.5. The Labute approximate surface area is 122 Å². The number of carbonyl (C=O) groups is 2. The number of thiocarbonyl (C=S) groups is 1. The summed E-state index contributed by atoms with van der Waals surface area (Å²) in [7, 11) is 1.31. The second kappa shape index (κ2) is 6.47. The predicted octanol–water partition coefficient (Wildman–Crippen LogP) is 0.877. The minimum Gasteiger partial charge on any atom is -0.469 e. The minimum absolute atomic E-state index is 0.0112. The number of benzene rings is 1. The van der Waals surface area contributed by atoms with E-state index in [0.717, 1.165) is 12.0 Å². The van der Waals surface area contributed by atoms with Gasteiger partial charge in [-0.15, -0.1) is 0 Å². The van der Waals surface area contributed by atoms with E-state index < -0.39 is 12.0 Å². The molecule has 1 N–H and O–H groups in total. The summed E-state index contributed by atoms with van der Waals surface area (Å²) < 4.78 is 4.62. The van der Waals surface area contributed by atoms with E-state index in [1.54, 1.807) is 4.90 Å². The summed E-state index contributed by atoms with van der Waals surface area (Å²) in [5, 5.41) is 2.97. The molecule has 0 bridgehead atoms. The van der Waals surface area contributed by atoms with Crippen LogP contribution in [0.25, 0.3) is 0 Å². The molecule has 0 radical (unpaired) electrons. The molecule has 1 amide bonds. The molecule has 6 heteroatoms. The van der Waals surface area contributed by atoms with E-state index in [4.69, 9.17) is 12.2 Å². The van der Waals surface area contributed by atoms with E-state index in [1.165, 1.54) is 7.11 Å². The van der Waals surface area contributed by atoms with Crippen molar-refractivity contribution >= 4 is 29.2 Å². The number of amides is 1. The van der Waals surface area contributed by atoms with Gasteiger partial charge in [0.05, 0.1) is 13.5 Å². The molecule has 0 aliphatic carbocycles. The first-order valence-electron chi connectivity index (χ1n) is 6.34. The highest BCUT2D eigenvalue weighted by molar-refractivity contribution is 7.80. The summed E-state index contributed by atoms with van der Waals surface area (Å²) in [6.45, 7) is 0.587. The molecule has 0 unspecified atom stereocenters. The molecule has 0 spiro atoms. The van der Waals surface area contributed by atoms with Crippen LogP contribution in [0, 0.1) is 0 Å². The van der Waals surface area contributed by atoms with Gasteiger partial charge in [-0.25, -0.2) is 0 Å².